The fourth-order valence-corrected chi connectivity index (χ4v) is 4.07. The Hall–Kier alpha value is -3.43. The van der Waals surface area contributed by atoms with Crippen molar-refractivity contribution in [1.82, 2.24) is 10.6 Å². The van der Waals surface area contributed by atoms with Crippen molar-refractivity contribution >= 4 is 5.91 Å². The lowest BCUT2D eigenvalue weighted by Crippen LogP contribution is -2.25. The molecule has 1 amide bonds. The van der Waals surface area contributed by atoms with Gasteiger partial charge in [-0.3, -0.25) is 4.79 Å². The van der Waals surface area contributed by atoms with Gasteiger partial charge in [0.2, 0.25) is 0 Å². The van der Waals surface area contributed by atoms with Gasteiger partial charge in [0.1, 0.15) is 18.1 Å². The predicted octanol–water partition coefficient (Wildman–Crippen LogP) is 4.12. The van der Waals surface area contributed by atoms with Gasteiger partial charge in [0.15, 0.2) is 0 Å². The number of aromatic hydroxyl groups is 1. The van der Waals surface area contributed by atoms with E-state index in [0.29, 0.717) is 62.1 Å². The Balaban J connectivity index is 1.30. The zero-order valence-corrected chi connectivity index (χ0v) is 23.4. The second-order valence-corrected chi connectivity index (χ2v) is 10.2. The van der Waals surface area contributed by atoms with Crippen LogP contribution in [0.3, 0.4) is 0 Å². The highest BCUT2D eigenvalue weighted by Crippen LogP contribution is 2.22. The molecule has 0 radical (unpaired) electrons. The molecule has 0 saturated carbocycles. The quantitative estimate of drug-likeness (QED) is 0.160. The summed E-state index contributed by atoms with van der Waals surface area (Å²) >= 11 is 0. The number of amides is 1. The number of ether oxygens (including phenoxy) is 2. The van der Waals surface area contributed by atoms with E-state index in [0.717, 1.165) is 29.7 Å². The maximum absolute atomic E-state index is 12.3. The van der Waals surface area contributed by atoms with Crippen LogP contribution in [0.25, 0.3) is 0 Å². The minimum absolute atomic E-state index is 0.0203. The van der Waals surface area contributed by atoms with Gasteiger partial charge in [-0.1, -0.05) is 44.2 Å². The van der Waals surface area contributed by atoms with Crippen molar-refractivity contribution in [3.05, 3.63) is 94.5 Å². The summed E-state index contributed by atoms with van der Waals surface area (Å²) < 4.78 is 11.5. The third-order valence-electron chi connectivity index (χ3n) is 6.47. The molecule has 0 saturated heterocycles. The number of hydrogen-bond acceptors (Lipinski definition) is 7. The summed E-state index contributed by atoms with van der Waals surface area (Å²) in [6.45, 7) is 6.98. The first kappa shape index (κ1) is 31.1. The molecule has 0 aliphatic heterocycles. The van der Waals surface area contributed by atoms with Crippen LogP contribution in [0.4, 0.5) is 0 Å². The van der Waals surface area contributed by atoms with Crippen LogP contribution < -0.4 is 15.4 Å². The van der Waals surface area contributed by atoms with E-state index >= 15 is 0 Å². The smallest absolute Gasteiger partial charge is 0.251 e. The van der Waals surface area contributed by atoms with Gasteiger partial charge >= 0.3 is 0 Å². The maximum Gasteiger partial charge on any atom is 0.251 e. The molecular weight excluding hydrogens is 508 g/mol. The van der Waals surface area contributed by atoms with Crippen LogP contribution in [0, 0.1) is 5.92 Å². The zero-order valence-electron chi connectivity index (χ0n) is 23.4. The molecule has 0 bridgehead atoms. The van der Waals surface area contributed by atoms with Crippen molar-refractivity contribution in [2.75, 3.05) is 32.8 Å². The average Bonchev–Trinajstić information content (AvgIpc) is 2.96. The van der Waals surface area contributed by atoms with E-state index in [9.17, 15) is 20.1 Å². The lowest BCUT2D eigenvalue weighted by molar-refractivity contribution is 0.0886. The molecule has 0 aliphatic rings. The Morgan fingerprint density at radius 3 is 2.50 bits per heavy atom. The fraction of sp³-hybridized carbons (Fsp3) is 0.406. The van der Waals surface area contributed by atoms with E-state index < -0.39 is 6.10 Å². The van der Waals surface area contributed by atoms with Gasteiger partial charge < -0.3 is 35.4 Å². The van der Waals surface area contributed by atoms with Crippen molar-refractivity contribution < 1.29 is 29.6 Å². The van der Waals surface area contributed by atoms with Crippen LogP contribution in [0.15, 0.2) is 66.7 Å². The Labute approximate surface area is 237 Å². The molecule has 0 aliphatic carbocycles. The van der Waals surface area contributed by atoms with E-state index in [1.165, 1.54) is 6.07 Å². The van der Waals surface area contributed by atoms with Crippen LogP contribution in [0.5, 0.6) is 11.5 Å². The van der Waals surface area contributed by atoms with Crippen LogP contribution in [0.1, 0.15) is 59.0 Å². The number of carbonyl (C=O) groups is 1. The molecule has 3 aromatic carbocycles. The molecule has 0 heterocycles. The Morgan fingerprint density at radius 1 is 0.950 bits per heavy atom. The first-order valence-electron chi connectivity index (χ1n) is 13.8. The van der Waals surface area contributed by atoms with Gasteiger partial charge in [-0.25, -0.2) is 0 Å². The summed E-state index contributed by atoms with van der Waals surface area (Å²) in [5.41, 5.74) is 3.77. The molecule has 0 spiro atoms. The lowest BCUT2D eigenvalue weighted by Gasteiger charge is -2.14. The van der Waals surface area contributed by atoms with Gasteiger partial charge in [0.25, 0.3) is 5.91 Å². The van der Waals surface area contributed by atoms with E-state index in [2.05, 4.69) is 24.5 Å². The lowest BCUT2D eigenvalue weighted by atomic mass is 10.1. The number of phenols is 1. The molecule has 8 nitrogen and oxygen atoms in total. The minimum atomic E-state index is -0.730. The van der Waals surface area contributed by atoms with Gasteiger partial charge in [-0.05, 0) is 78.4 Å². The summed E-state index contributed by atoms with van der Waals surface area (Å²) in [7, 11) is 0. The first-order chi connectivity index (χ1) is 19.4. The third-order valence-corrected chi connectivity index (χ3v) is 6.47. The van der Waals surface area contributed by atoms with E-state index in [1.807, 2.05) is 48.5 Å². The number of carbonyl (C=O) groups excluding carboxylic acids is 1. The molecular formula is C32H42N2O6. The second-order valence-electron chi connectivity index (χ2n) is 10.2. The van der Waals surface area contributed by atoms with E-state index in [1.54, 1.807) is 12.1 Å². The third kappa shape index (κ3) is 10.6. The van der Waals surface area contributed by atoms with Crippen LogP contribution in [-0.4, -0.2) is 54.1 Å². The van der Waals surface area contributed by atoms with Crippen molar-refractivity contribution in [3.8, 4) is 11.5 Å². The normalized spacial score (nSPS) is 11.9. The van der Waals surface area contributed by atoms with Crippen molar-refractivity contribution in [3.63, 3.8) is 0 Å². The van der Waals surface area contributed by atoms with Gasteiger partial charge in [0, 0.05) is 24.2 Å². The summed E-state index contributed by atoms with van der Waals surface area (Å²) in [6, 6.07) is 20.1. The highest BCUT2D eigenvalue weighted by atomic mass is 16.5. The largest absolute Gasteiger partial charge is 0.508 e. The number of aliphatic hydroxyl groups is 2. The Kier molecular flexibility index (Phi) is 12.9. The number of benzene rings is 3. The average molecular weight is 551 g/mol. The summed E-state index contributed by atoms with van der Waals surface area (Å²) in [5, 5.41) is 35.5. The molecule has 40 heavy (non-hydrogen) atoms. The van der Waals surface area contributed by atoms with Gasteiger partial charge in [-0.15, -0.1) is 0 Å². The molecule has 0 fully saturated rings. The zero-order chi connectivity index (χ0) is 28.7. The van der Waals surface area contributed by atoms with Crippen molar-refractivity contribution in [2.45, 2.75) is 46.0 Å². The molecule has 1 atom stereocenters. The van der Waals surface area contributed by atoms with Crippen LogP contribution in [-0.2, 0) is 24.4 Å². The van der Waals surface area contributed by atoms with Crippen LogP contribution in [0.2, 0.25) is 0 Å². The molecule has 3 rings (SSSR count). The van der Waals surface area contributed by atoms with Crippen molar-refractivity contribution in [1.29, 1.82) is 0 Å². The second kappa shape index (κ2) is 16.6. The van der Waals surface area contributed by atoms with E-state index in [4.69, 9.17) is 9.47 Å². The SMILES string of the molecule is CC(C)CCNC(=O)c1cccc(COCCOc2ccc(CCNC[C@@H](O)c3ccc(O)c(CO)c3)cc2)c1. The minimum Gasteiger partial charge on any atom is -0.508 e. The van der Waals surface area contributed by atoms with Gasteiger partial charge in [0.05, 0.1) is 25.9 Å². The number of hydrogen-bond donors (Lipinski definition) is 5. The monoisotopic (exact) mass is 550 g/mol. The van der Waals surface area contributed by atoms with E-state index in [-0.39, 0.29) is 18.3 Å². The standard InChI is InChI=1S/C32H42N2O6/c1-23(2)12-15-34-32(38)27-5-3-4-25(18-27)22-39-16-17-40-29-9-6-24(7-10-29)13-14-33-20-31(37)26-8-11-30(36)28(19-26)21-35/h3-11,18-19,23,31,33,35-37H,12-17,20-22H2,1-2H3,(H,34,38)/t31-/m1/s1. The molecule has 8 heteroatoms. The highest BCUT2D eigenvalue weighted by Gasteiger charge is 2.10. The topological polar surface area (TPSA) is 120 Å². The molecule has 216 valence electrons. The molecule has 0 unspecified atom stereocenters. The summed E-state index contributed by atoms with van der Waals surface area (Å²) in [4.78, 5) is 12.3. The fourth-order valence-electron chi connectivity index (χ4n) is 4.07. The Morgan fingerprint density at radius 2 is 1.75 bits per heavy atom. The van der Waals surface area contributed by atoms with Crippen molar-refractivity contribution in [2.24, 2.45) is 5.92 Å². The molecule has 5 N–H and O–H groups in total. The van der Waals surface area contributed by atoms with Gasteiger partial charge in [-0.2, -0.15) is 0 Å². The molecule has 0 aromatic heterocycles. The predicted molar refractivity (Wildman–Crippen MR) is 155 cm³/mol. The maximum atomic E-state index is 12.3. The number of rotatable bonds is 17. The first-order valence-corrected chi connectivity index (χ1v) is 13.8. The molecule has 3 aromatic rings. The summed E-state index contributed by atoms with van der Waals surface area (Å²) in [5.74, 6) is 1.28. The highest BCUT2D eigenvalue weighted by molar-refractivity contribution is 5.94. The number of aliphatic hydroxyl groups excluding tert-OH is 2. The van der Waals surface area contributed by atoms with Crippen LogP contribution >= 0.6 is 0 Å². The Bertz CT molecular complexity index is 1180. The summed E-state index contributed by atoms with van der Waals surface area (Å²) in [6.07, 6.45) is 1.02. The number of nitrogens with one attached hydrogen (secondary N) is 2.